The lowest BCUT2D eigenvalue weighted by Gasteiger charge is -2.20. The van der Waals surface area contributed by atoms with E-state index in [9.17, 15) is 9.90 Å². The van der Waals surface area contributed by atoms with E-state index in [1.54, 1.807) is 36.7 Å². The smallest absolute Gasteiger partial charge is 0.251 e. The molecule has 2 N–H and O–H groups in total. The number of hydrogen-bond acceptors (Lipinski definition) is 5. The van der Waals surface area contributed by atoms with Crippen LogP contribution in [0.5, 0.6) is 11.5 Å². The molecule has 0 fully saturated rings. The van der Waals surface area contributed by atoms with Crippen LogP contribution in [0.4, 0.5) is 5.69 Å². The first kappa shape index (κ1) is 14.2. The van der Waals surface area contributed by atoms with Crippen molar-refractivity contribution in [1.29, 1.82) is 0 Å². The molecule has 6 heteroatoms. The normalized spacial score (nSPS) is 16.0. The van der Waals surface area contributed by atoms with Crippen LogP contribution in [0.1, 0.15) is 16.8 Å². The number of fused-ring (bicyclic) bond motifs is 1. The lowest BCUT2D eigenvalue weighted by Crippen LogP contribution is -2.35. The molecule has 1 aliphatic heterocycles. The van der Waals surface area contributed by atoms with Crippen molar-refractivity contribution in [1.82, 2.24) is 10.3 Å². The Balaban J connectivity index is 1.54. The Morgan fingerprint density at radius 1 is 1.36 bits per heavy atom. The Bertz CT molecular complexity index is 676. The standard InChI is InChI=1S/C16H17N3O3/c1-19-13-3-2-12(20)10-14(13)22-15(19)6-9-18-16(21)11-4-7-17-8-5-11/h2-5,7-8,10,15,20H,6,9H2,1H3,(H,18,21). The number of anilines is 1. The number of benzene rings is 1. The number of ether oxygens (including phenoxy) is 1. The van der Waals surface area contributed by atoms with Gasteiger partial charge in [-0.25, -0.2) is 0 Å². The minimum Gasteiger partial charge on any atom is -0.508 e. The van der Waals surface area contributed by atoms with Gasteiger partial charge in [-0.1, -0.05) is 0 Å². The minimum atomic E-state index is -0.158. The molecule has 1 aliphatic rings. The quantitative estimate of drug-likeness (QED) is 0.900. The molecule has 1 amide bonds. The Morgan fingerprint density at radius 2 is 2.14 bits per heavy atom. The molecule has 2 aromatic rings. The summed E-state index contributed by atoms with van der Waals surface area (Å²) in [5.41, 5.74) is 1.52. The van der Waals surface area contributed by atoms with Gasteiger partial charge < -0.3 is 20.1 Å². The molecule has 0 aliphatic carbocycles. The minimum absolute atomic E-state index is 0.127. The molecule has 6 nitrogen and oxygen atoms in total. The van der Waals surface area contributed by atoms with Crippen molar-refractivity contribution < 1.29 is 14.6 Å². The van der Waals surface area contributed by atoms with Crippen LogP contribution in [0.3, 0.4) is 0 Å². The first-order valence-corrected chi connectivity index (χ1v) is 7.06. The molecule has 3 rings (SSSR count). The zero-order valence-electron chi connectivity index (χ0n) is 12.2. The van der Waals surface area contributed by atoms with Crippen LogP contribution < -0.4 is 15.0 Å². The molecular formula is C16H17N3O3. The molecule has 0 radical (unpaired) electrons. The molecule has 1 unspecified atom stereocenters. The summed E-state index contributed by atoms with van der Waals surface area (Å²) in [5.74, 6) is 0.713. The number of nitrogens with zero attached hydrogens (tertiary/aromatic N) is 2. The van der Waals surface area contributed by atoms with E-state index in [2.05, 4.69) is 10.3 Å². The third-order valence-electron chi connectivity index (χ3n) is 3.64. The number of carbonyl (C=O) groups excluding carboxylic acids is 1. The van der Waals surface area contributed by atoms with E-state index in [4.69, 9.17) is 4.74 Å². The first-order valence-electron chi connectivity index (χ1n) is 7.06. The van der Waals surface area contributed by atoms with Crippen LogP contribution in [0.2, 0.25) is 0 Å². The van der Waals surface area contributed by atoms with Crippen molar-refractivity contribution in [3.05, 3.63) is 48.3 Å². The summed E-state index contributed by atoms with van der Waals surface area (Å²) in [6.45, 7) is 0.496. The third kappa shape index (κ3) is 2.81. The summed E-state index contributed by atoms with van der Waals surface area (Å²) in [7, 11) is 1.93. The van der Waals surface area contributed by atoms with Crippen molar-refractivity contribution in [2.75, 3.05) is 18.5 Å². The van der Waals surface area contributed by atoms with Crippen LogP contribution in [-0.4, -0.2) is 35.8 Å². The van der Waals surface area contributed by atoms with E-state index in [-0.39, 0.29) is 17.9 Å². The van der Waals surface area contributed by atoms with Gasteiger partial charge in [-0.15, -0.1) is 0 Å². The van der Waals surface area contributed by atoms with E-state index in [1.165, 1.54) is 0 Å². The highest BCUT2D eigenvalue weighted by molar-refractivity contribution is 5.93. The molecule has 22 heavy (non-hydrogen) atoms. The van der Waals surface area contributed by atoms with Gasteiger partial charge in [-0.2, -0.15) is 0 Å². The summed E-state index contributed by atoms with van der Waals surface area (Å²) in [5, 5.41) is 12.3. The number of amides is 1. The van der Waals surface area contributed by atoms with Crippen LogP contribution in [0, 0.1) is 0 Å². The number of hydrogen-bond donors (Lipinski definition) is 2. The van der Waals surface area contributed by atoms with Gasteiger partial charge in [0.2, 0.25) is 0 Å². The fourth-order valence-corrected chi connectivity index (χ4v) is 2.44. The molecule has 2 heterocycles. The fourth-order valence-electron chi connectivity index (χ4n) is 2.44. The number of nitrogens with one attached hydrogen (secondary N) is 1. The van der Waals surface area contributed by atoms with Crippen molar-refractivity contribution >= 4 is 11.6 Å². The third-order valence-corrected chi connectivity index (χ3v) is 3.64. The second-order valence-corrected chi connectivity index (χ2v) is 5.12. The highest BCUT2D eigenvalue weighted by Gasteiger charge is 2.27. The van der Waals surface area contributed by atoms with Gasteiger partial charge in [-0.3, -0.25) is 9.78 Å². The van der Waals surface area contributed by atoms with E-state index >= 15 is 0 Å². The molecule has 0 saturated heterocycles. The number of carbonyl (C=O) groups is 1. The topological polar surface area (TPSA) is 74.7 Å². The predicted molar refractivity (Wildman–Crippen MR) is 82.1 cm³/mol. The van der Waals surface area contributed by atoms with E-state index < -0.39 is 0 Å². The number of phenolic OH excluding ortho intramolecular Hbond substituents is 1. The molecule has 114 valence electrons. The molecule has 1 aromatic carbocycles. The lowest BCUT2D eigenvalue weighted by molar-refractivity contribution is 0.0947. The largest absolute Gasteiger partial charge is 0.508 e. The van der Waals surface area contributed by atoms with Gasteiger partial charge in [0.25, 0.3) is 5.91 Å². The summed E-state index contributed by atoms with van der Waals surface area (Å²) < 4.78 is 5.79. The maximum Gasteiger partial charge on any atom is 0.251 e. The lowest BCUT2D eigenvalue weighted by atomic mass is 10.2. The van der Waals surface area contributed by atoms with Crippen LogP contribution >= 0.6 is 0 Å². The van der Waals surface area contributed by atoms with Gasteiger partial charge in [-0.05, 0) is 24.3 Å². The van der Waals surface area contributed by atoms with Gasteiger partial charge in [0.15, 0.2) is 6.23 Å². The number of aromatic hydroxyl groups is 1. The van der Waals surface area contributed by atoms with Gasteiger partial charge in [0, 0.05) is 44.0 Å². The highest BCUT2D eigenvalue weighted by Crippen LogP contribution is 2.38. The Kier molecular flexibility index (Phi) is 3.82. The van der Waals surface area contributed by atoms with Crippen molar-refractivity contribution in [2.45, 2.75) is 12.6 Å². The van der Waals surface area contributed by atoms with Crippen LogP contribution in [0.15, 0.2) is 42.7 Å². The van der Waals surface area contributed by atoms with Crippen LogP contribution in [0.25, 0.3) is 0 Å². The number of pyridine rings is 1. The Hall–Kier alpha value is -2.76. The number of phenols is 1. The Morgan fingerprint density at radius 3 is 2.91 bits per heavy atom. The van der Waals surface area contributed by atoms with E-state index in [1.807, 2.05) is 18.0 Å². The fraction of sp³-hybridized carbons (Fsp3) is 0.250. The van der Waals surface area contributed by atoms with Crippen LogP contribution in [-0.2, 0) is 0 Å². The molecule has 0 saturated carbocycles. The van der Waals surface area contributed by atoms with E-state index in [0.717, 1.165) is 5.69 Å². The summed E-state index contributed by atoms with van der Waals surface area (Å²) in [6, 6.07) is 8.40. The Labute approximate surface area is 128 Å². The monoisotopic (exact) mass is 299 g/mol. The molecule has 1 aromatic heterocycles. The van der Waals surface area contributed by atoms with Gasteiger partial charge in [0.05, 0.1) is 5.69 Å². The average molecular weight is 299 g/mol. The molecular weight excluding hydrogens is 282 g/mol. The zero-order valence-corrected chi connectivity index (χ0v) is 12.2. The maximum absolute atomic E-state index is 11.9. The molecule has 1 atom stereocenters. The SMILES string of the molecule is CN1c2ccc(O)cc2OC1CCNC(=O)c1ccncc1. The van der Waals surface area contributed by atoms with E-state index in [0.29, 0.717) is 24.3 Å². The van der Waals surface area contributed by atoms with Crippen molar-refractivity contribution in [2.24, 2.45) is 0 Å². The molecule has 0 bridgehead atoms. The molecule has 0 spiro atoms. The van der Waals surface area contributed by atoms with Gasteiger partial charge >= 0.3 is 0 Å². The number of rotatable bonds is 4. The summed E-state index contributed by atoms with van der Waals surface area (Å²) >= 11 is 0. The second kappa shape index (κ2) is 5.93. The van der Waals surface area contributed by atoms with Crippen molar-refractivity contribution in [3.8, 4) is 11.5 Å². The first-order chi connectivity index (χ1) is 10.6. The average Bonchev–Trinajstić information content (AvgIpc) is 2.83. The maximum atomic E-state index is 11.9. The predicted octanol–water partition coefficient (Wildman–Crippen LogP) is 1.76. The summed E-state index contributed by atoms with van der Waals surface area (Å²) in [6.07, 6.45) is 3.66. The second-order valence-electron chi connectivity index (χ2n) is 5.12. The van der Waals surface area contributed by atoms with Crippen molar-refractivity contribution in [3.63, 3.8) is 0 Å². The summed E-state index contributed by atoms with van der Waals surface area (Å²) in [4.78, 5) is 17.8. The van der Waals surface area contributed by atoms with Gasteiger partial charge in [0.1, 0.15) is 11.5 Å². The zero-order chi connectivity index (χ0) is 15.5. The highest BCUT2D eigenvalue weighted by atomic mass is 16.5. The number of aromatic nitrogens is 1.